The van der Waals surface area contributed by atoms with Gasteiger partial charge in [-0.3, -0.25) is 4.79 Å². The van der Waals surface area contributed by atoms with Gasteiger partial charge in [0.05, 0.1) is 11.4 Å². The lowest BCUT2D eigenvalue weighted by Crippen LogP contribution is -2.18. The van der Waals surface area contributed by atoms with E-state index in [1.807, 2.05) is 67.6 Å². The van der Waals surface area contributed by atoms with E-state index in [0.717, 1.165) is 22.6 Å². The maximum absolute atomic E-state index is 13.1. The van der Waals surface area contributed by atoms with E-state index in [2.05, 4.69) is 45.1 Å². The fraction of sp³-hybridized carbons (Fsp3) is 0.167. The molecule has 30 heavy (non-hydrogen) atoms. The van der Waals surface area contributed by atoms with E-state index in [1.165, 1.54) is 0 Å². The maximum atomic E-state index is 13.1. The Labute approximate surface area is 175 Å². The minimum absolute atomic E-state index is 0.0289. The van der Waals surface area contributed by atoms with Crippen molar-refractivity contribution in [3.8, 4) is 5.69 Å². The second-order valence-corrected chi connectivity index (χ2v) is 7.00. The first kappa shape index (κ1) is 19.5. The van der Waals surface area contributed by atoms with Gasteiger partial charge in [0.1, 0.15) is 0 Å². The SMILES string of the molecule is CCc1nnnn1-c1ccccc1NC(=O)CC(c1ccccc1)c1ccccc1. The summed E-state index contributed by atoms with van der Waals surface area (Å²) in [5.41, 5.74) is 3.66. The summed E-state index contributed by atoms with van der Waals surface area (Å²) in [6.07, 6.45) is 1.03. The molecule has 0 aliphatic rings. The van der Waals surface area contributed by atoms with Crippen LogP contribution in [0.4, 0.5) is 5.69 Å². The van der Waals surface area contributed by atoms with Crippen LogP contribution in [0.2, 0.25) is 0 Å². The molecule has 4 rings (SSSR count). The monoisotopic (exact) mass is 397 g/mol. The molecular formula is C24H23N5O. The number of carbonyl (C=O) groups excluding carboxylic acids is 1. The molecule has 0 bridgehead atoms. The lowest BCUT2D eigenvalue weighted by Gasteiger charge is -2.18. The Morgan fingerprint density at radius 1 is 0.900 bits per heavy atom. The molecule has 0 aliphatic carbocycles. The lowest BCUT2D eigenvalue weighted by molar-refractivity contribution is -0.116. The number of hydrogen-bond donors (Lipinski definition) is 1. The summed E-state index contributed by atoms with van der Waals surface area (Å²) in [5, 5.41) is 15.0. The molecule has 0 atom stereocenters. The van der Waals surface area contributed by atoms with E-state index < -0.39 is 0 Å². The average Bonchev–Trinajstić information content (AvgIpc) is 3.28. The van der Waals surface area contributed by atoms with Crippen LogP contribution < -0.4 is 5.32 Å². The van der Waals surface area contributed by atoms with Crippen LogP contribution in [0, 0.1) is 0 Å². The van der Waals surface area contributed by atoms with Crippen LogP contribution in [0.25, 0.3) is 5.69 Å². The summed E-state index contributed by atoms with van der Waals surface area (Å²) in [7, 11) is 0. The van der Waals surface area contributed by atoms with Crippen LogP contribution >= 0.6 is 0 Å². The van der Waals surface area contributed by atoms with Crippen LogP contribution in [-0.4, -0.2) is 26.1 Å². The Hall–Kier alpha value is -3.80. The molecular weight excluding hydrogens is 374 g/mol. The van der Waals surface area contributed by atoms with E-state index in [-0.39, 0.29) is 11.8 Å². The highest BCUT2D eigenvalue weighted by Gasteiger charge is 2.19. The number of hydrogen-bond acceptors (Lipinski definition) is 4. The third-order valence-corrected chi connectivity index (χ3v) is 5.05. The maximum Gasteiger partial charge on any atom is 0.225 e. The van der Waals surface area contributed by atoms with Crippen molar-refractivity contribution >= 4 is 11.6 Å². The highest BCUT2D eigenvalue weighted by atomic mass is 16.1. The molecule has 1 heterocycles. The first-order chi connectivity index (χ1) is 14.8. The van der Waals surface area contributed by atoms with E-state index in [0.29, 0.717) is 18.5 Å². The van der Waals surface area contributed by atoms with Gasteiger partial charge in [-0.1, -0.05) is 79.7 Å². The quantitative estimate of drug-likeness (QED) is 0.502. The van der Waals surface area contributed by atoms with E-state index in [1.54, 1.807) is 4.68 Å². The van der Waals surface area contributed by atoms with Crippen molar-refractivity contribution in [2.24, 2.45) is 0 Å². The number of benzene rings is 3. The highest BCUT2D eigenvalue weighted by molar-refractivity contribution is 5.93. The number of aromatic nitrogens is 4. The molecule has 0 saturated heterocycles. The van der Waals surface area contributed by atoms with Crippen LogP contribution in [0.5, 0.6) is 0 Å². The van der Waals surface area contributed by atoms with Crippen LogP contribution in [-0.2, 0) is 11.2 Å². The molecule has 150 valence electrons. The second kappa shape index (κ2) is 9.13. The fourth-order valence-electron chi connectivity index (χ4n) is 3.56. The summed E-state index contributed by atoms with van der Waals surface area (Å²) in [6.45, 7) is 1.99. The number of aryl methyl sites for hydroxylation is 1. The summed E-state index contributed by atoms with van der Waals surface area (Å²) in [6, 6.07) is 27.8. The van der Waals surface area contributed by atoms with E-state index in [4.69, 9.17) is 0 Å². The van der Waals surface area contributed by atoms with E-state index >= 15 is 0 Å². The highest BCUT2D eigenvalue weighted by Crippen LogP contribution is 2.29. The van der Waals surface area contributed by atoms with Gasteiger partial charge >= 0.3 is 0 Å². The van der Waals surface area contributed by atoms with Gasteiger partial charge in [-0.2, -0.15) is 4.68 Å². The standard InChI is InChI=1S/C24H23N5O/c1-2-23-26-27-28-29(23)22-16-10-9-15-21(22)25-24(30)17-20(18-11-5-3-6-12-18)19-13-7-4-8-14-19/h3-16,20H,2,17H2,1H3,(H,25,30). The summed E-state index contributed by atoms with van der Waals surface area (Å²) in [4.78, 5) is 13.1. The molecule has 3 aromatic carbocycles. The van der Waals surface area contributed by atoms with E-state index in [9.17, 15) is 4.79 Å². The number of amides is 1. The molecule has 1 aromatic heterocycles. The molecule has 1 N–H and O–H groups in total. The minimum Gasteiger partial charge on any atom is -0.324 e. The van der Waals surface area contributed by atoms with Crippen molar-refractivity contribution in [1.29, 1.82) is 0 Å². The van der Waals surface area contributed by atoms with Gasteiger partial charge in [0, 0.05) is 18.8 Å². The van der Waals surface area contributed by atoms with Gasteiger partial charge in [-0.05, 0) is 33.7 Å². The number of para-hydroxylation sites is 2. The molecule has 0 saturated carbocycles. The summed E-state index contributed by atoms with van der Waals surface area (Å²) >= 11 is 0. The van der Waals surface area contributed by atoms with Crippen molar-refractivity contribution in [3.05, 3.63) is 102 Å². The number of anilines is 1. The molecule has 0 spiro atoms. The minimum atomic E-state index is -0.0636. The lowest BCUT2D eigenvalue weighted by atomic mass is 9.88. The van der Waals surface area contributed by atoms with Crippen molar-refractivity contribution in [2.45, 2.75) is 25.7 Å². The van der Waals surface area contributed by atoms with Crippen molar-refractivity contribution < 1.29 is 4.79 Å². The summed E-state index contributed by atoms with van der Waals surface area (Å²) < 4.78 is 1.67. The average molecular weight is 397 g/mol. The predicted octanol–water partition coefficient (Wildman–Crippen LogP) is 4.39. The van der Waals surface area contributed by atoms with Gasteiger partial charge in [0.2, 0.25) is 5.91 Å². The van der Waals surface area contributed by atoms with Crippen molar-refractivity contribution in [3.63, 3.8) is 0 Å². The third kappa shape index (κ3) is 4.27. The first-order valence-electron chi connectivity index (χ1n) is 10.0. The largest absolute Gasteiger partial charge is 0.324 e. The molecule has 0 aliphatic heterocycles. The van der Waals surface area contributed by atoms with Gasteiger partial charge in [-0.15, -0.1) is 5.10 Å². The molecule has 0 radical (unpaired) electrons. The fourth-order valence-corrected chi connectivity index (χ4v) is 3.56. The number of carbonyl (C=O) groups is 1. The predicted molar refractivity (Wildman–Crippen MR) is 117 cm³/mol. The summed E-state index contributed by atoms with van der Waals surface area (Å²) in [5.74, 6) is 0.647. The first-order valence-corrected chi connectivity index (χ1v) is 10.0. The van der Waals surface area contributed by atoms with Gasteiger partial charge in [0.15, 0.2) is 5.82 Å². The molecule has 0 fully saturated rings. The number of nitrogens with one attached hydrogen (secondary N) is 1. The molecule has 6 heteroatoms. The second-order valence-electron chi connectivity index (χ2n) is 7.00. The topological polar surface area (TPSA) is 72.7 Å². The Kier molecular flexibility index (Phi) is 5.94. The molecule has 1 amide bonds. The zero-order chi connectivity index (χ0) is 20.8. The van der Waals surface area contributed by atoms with Gasteiger partial charge in [0.25, 0.3) is 0 Å². The Balaban J connectivity index is 1.60. The van der Waals surface area contributed by atoms with Crippen LogP contribution in [0.1, 0.15) is 36.2 Å². The molecule has 4 aromatic rings. The zero-order valence-electron chi connectivity index (χ0n) is 16.8. The smallest absolute Gasteiger partial charge is 0.225 e. The Bertz CT molecular complexity index is 1070. The number of tetrazole rings is 1. The molecule has 6 nitrogen and oxygen atoms in total. The van der Waals surface area contributed by atoms with Crippen molar-refractivity contribution in [2.75, 3.05) is 5.32 Å². The van der Waals surface area contributed by atoms with Gasteiger partial charge in [-0.25, -0.2) is 0 Å². The molecule has 0 unspecified atom stereocenters. The zero-order valence-corrected chi connectivity index (χ0v) is 16.8. The Morgan fingerprint density at radius 3 is 2.13 bits per heavy atom. The van der Waals surface area contributed by atoms with Crippen molar-refractivity contribution in [1.82, 2.24) is 20.2 Å². The number of rotatable bonds is 7. The van der Waals surface area contributed by atoms with Crippen LogP contribution in [0.3, 0.4) is 0 Å². The van der Waals surface area contributed by atoms with Gasteiger partial charge < -0.3 is 5.32 Å². The number of nitrogens with zero attached hydrogens (tertiary/aromatic N) is 4. The third-order valence-electron chi connectivity index (χ3n) is 5.05. The normalized spacial score (nSPS) is 10.9. The van der Waals surface area contributed by atoms with Crippen LogP contribution in [0.15, 0.2) is 84.9 Å². The Morgan fingerprint density at radius 2 is 1.50 bits per heavy atom.